The Morgan fingerprint density at radius 3 is 2.62 bits per heavy atom. The summed E-state index contributed by atoms with van der Waals surface area (Å²) in [6, 6.07) is 11.9. The molecule has 2 aromatic carbocycles. The summed E-state index contributed by atoms with van der Waals surface area (Å²) in [7, 11) is -3.66. The van der Waals surface area contributed by atoms with Crippen LogP contribution in [0.5, 0.6) is 0 Å². The molecule has 3 aromatic rings. The fourth-order valence-corrected chi connectivity index (χ4v) is 3.22. The fraction of sp³-hybridized carbons (Fsp3) is 0.133. The lowest BCUT2D eigenvalue weighted by Crippen LogP contribution is -2.13. The molecule has 1 heterocycles. The summed E-state index contributed by atoms with van der Waals surface area (Å²) in [6.07, 6.45) is 0. The van der Waals surface area contributed by atoms with Crippen LogP contribution in [0.1, 0.15) is 11.5 Å². The van der Waals surface area contributed by atoms with Crippen molar-refractivity contribution in [3.63, 3.8) is 0 Å². The van der Waals surface area contributed by atoms with Gasteiger partial charge in [-0.25, -0.2) is 13.4 Å². The van der Waals surface area contributed by atoms with Gasteiger partial charge in [-0.2, -0.15) is 0 Å². The van der Waals surface area contributed by atoms with Gasteiger partial charge in [0.2, 0.25) is 0 Å². The van der Waals surface area contributed by atoms with E-state index in [1.165, 1.54) is 12.1 Å². The van der Waals surface area contributed by atoms with Gasteiger partial charge in [0.15, 0.2) is 11.5 Å². The molecular weight excluding hydrogens is 288 g/mol. The Balaban J connectivity index is 2.01. The van der Waals surface area contributed by atoms with Crippen LogP contribution < -0.4 is 4.72 Å². The van der Waals surface area contributed by atoms with Gasteiger partial charge in [0, 0.05) is 13.0 Å². The molecule has 0 saturated heterocycles. The van der Waals surface area contributed by atoms with Crippen LogP contribution in [0.15, 0.2) is 51.8 Å². The monoisotopic (exact) mass is 302 g/mol. The maximum absolute atomic E-state index is 12.4. The van der Waals surface area contributed by atoms with E-state index >= 15 is 0 Å². The molecule has 21 heavy (non-hydrogen) atoms. The largest absolute Gasteiger partial charge is 0.441 e. The minimum absolute atomic E-state index is 0.148. The third-order valence-electron chi connectivity index (χ3n) is 3.17. The first-order chi connectivity index (χ1) is 9.95. The number of nitrogens with one attached hydrogen (secondary N) is 1. The van der Waals surface area contributed by atoms with Gasteiger partial charge in [0.25, 0.3) is 10.0 Å². The number of anilines is 1. The average Bonchev–Trinajstić information content (AvgIpc) is 2.80. The maximum Gasteiger partial charge on any atom is 0.262 e. The quantitative estimate of drug-likeness (QED) is 0.806. The van der Waals surface area contributed by atoms with Crippen molar-refractivity contribution in [3.8, 4) is 0 Å². The van der Waals surface area contributed by atoms with E-state index < -0.39 is 10.0 Å². The van der Waals surface area contributed by atoms with E-state index in [-0.39, 0.29) is 4.90 Å². The highest BCUT2D eigenvalue weighted by atomic mass is 32.2. The van der Waals surface area contributed by atoms with Gasteiger partial charge in [0.1, 0.15) is 5.52 Å². The first kappa shape index (κ1) is 13.6. The topological polar surface area (TPSA) is 72.2 Å². The van der Waals surface area contributed by atoms with Crippen molar-refractivity contribution in [3.05, 3.63) is 53.9 Å². The lowest BCUT2D eigenvalue weighted by Gasteiger charge is -2.10. The summed E-state index contributed by atoms with van der Waals surface area (Å²) in [5, 5.41) is 0. The first-order valence-corrected chi connectivity index (χ1v) is 7.90. The Kier molecular flexibility index (Phi) is 3.17. The molecule has 0 atom stereocenters. The van der Waals surface area contributed by atoms with Crippen LogP contribution in [0.25, 0.3) is 11.1 Å². The number of oxazole rings is 1. The SMILES string of the molecule is Cc1nc2ccc(S(=O)(=O)Nc3ccccc3C)cc2o1. The van der Waals surface area contributed by atoms with Crippen molar-refractivity contribution in [1.29, 1.82) is 0 Å². The number of rotatable bonds is 3. The first-order valence-electron chi connectivity index (χ1n) is 6.41. The zero-order chi connectivity index (χ0) is 15.0. The molecular formula is C15H14N2O3S. The predicted molar refractivity (Wildman–Crippen MR) is 80.7 cm³/mol. The van der Waals surface area contributed by atoms with Crippen LogP contribution in [-0.4, -0.2) is 13.4 Å². The van der Waals surface area contributed by atoms with Crippen molar-refractivity contribution in [2.24, 2.45) is 0 Å². The van der Waals surface area contributed by atoms with Crippen LogP contribution in [-0.2, 0) is 10.0 Å². The predicted octanol–water partition coefficient (Wildman–Crippen LogP) is 3.25. The maximum atomic E-state index is 12.4. The smallest absolute Gasteiger partial charge is 0.262 e. The Morgan fingerprint density at radius 1 is 1.10 bits per heavy atom. The molecule has 0 aliphatic heterocycles. The second-order valence-corrected chi connectivity index (χ2v) is 6.47. The van der Waals surface area contributed by atoms with E-state index in [0.29, 0.717) is 22.7 Å². The number of para-hydroxylation sites is 1. The number of aryl methyl sites for hydroxylation is 2. The summed E-state index contributed by atoms with van der Waals surface area (Å²) in [5.41, 5.74) is 2.52. The molecule has 6 heteroatoms. The van der Waals surface area contributed by atoms with Crippen LogP contribution in [0.3, 0.4) is 0 Å². The normalized spacial score (nSPS) is 11.7. The average molecular weight is 302 g/mol. The van der Waals surface area contributed by atoms with Crippen molar-refractivity contribution in [2.75, 3.05) is 4.72 Å². The summed E-state index contributed by atoms with van der Waals surface area (Å²) < 4.78 is 32.8. The summed E-state index contributed by atoms with van der Waals surface area (Å²) >= 11 is 0. The van der Waals surface area contributed by atoms with Crippen LogP contribution in [0.4, 0.5) is 5.69 Å². The number of fused-ring (bicyclic) bond motifs is 1. The molecule has 1 N–H and O–H groups in total. The second-order valence-electron chi connectivity index (χ2n) is 4.78. The minimum Gasteiger partial charge on any atom is -0.441 e. The zero-order valence-electron chi connectivity index (χ0n) is 11.6. The lowest BCUT2D eigenvalue weighted by molar-refractivity contribution is 0.559. The summed E-state index contributed by atoms with van der Waals surface area (Å²) in [5.74, 6) is 0.506. The van der Waals surface area contributed by atoms with Crippen molar-refractivity contribution in [1.82, 2.24) is 4.98 Å². The van der Waals surface area contributed by atoms with Crippen molar-refractivity contribution < 1.29 is 12.8 Å². The molecule has 0 fully saturated rings. The highest BCUT2D eigenvalue weighted by Crippen LogP contribution is 2.23. The highest BCUT2D eigenvalue weighted by molar-refractivity contribution is 7.92. The molecule has 0 amide bonds. The number of hydrogen-bond acceptors (Lipinski definition) is 4. The molecule has 0 saturated carbocycles. The molecule has 0 spiro atoms. The van der Waals surface area contributed by atoms with Gasteiger partial charge in [0.05, 0.1) is 10.6 Å². The van der Waals surface area contributed by atoms with Crippen LogP contribution in [0.2, 0.25) is 0 Å². The molecule has 3 rings (SSSR count). The number of nitrogens with zero attached hydrogens (tertiary/aromatic N) is 1. The fourth-order valence-electron chi connectivity index (χ4n) is 2.08. The second kappa shape index (κ2) is 4.89. The third kappa shape index (κ3) is 2.62. The van der Waals surface area contributed by atoms with Gasteiger partial charge in [-0.1, -0.05) is 18.2 Å². The lowest BCUT2D eigenvalue weighted by atomic mass is 10.2. The molecule has 0 radical (unpaired) electrons. The molecule has 0 aliphatic carbocycles. The number of benzene rings is 2. The Labute approximate surface area is 122 Å². The standard InChI is InChI=1S/C15H14N2O3S/c1-10-5-3-4-6-13(10)17-21(18,19)12-7-8-14-15(9-12)20-11(2)16-14/h3-9,17H,1-2H3. The molecule has 1 aromatic heterocycles. The van der Waals surface area contributed by atoms with Crippen LogP contribution >= 0.6 is 0 Å². The molecule has 0 aliphatic rings. The Hall–Kier alpha value is -2.34. The highest BCUT2D eigenvalue weighted by Gasteiger charge is 2.17. The van der Waals surface area contributed by atoms with E-state index in [1.54, 1.807) is 25.1 Å². The van der Waals surface area contributed by atoms with E-state index in [0.717, 1.165) is 5.56 Å². The minimum atomic E-state index is -3.66. The van der Waals surface area contributed by atoms with Crippen LogP contribution in [0, 0.1) is 13.8 Å². The van der Waals surface area contributed by atoms with Crippen molar-refractivity contribution in [2.45, 2.75) is 18.7 Å². The molecule has 0 bridgehead atoms. The zero-order valence-corrected chi connectivity index (χ0v) is 12.4. The molecule has 5 nitrogen and oxygen atoms in total. The van der Waals surface area contributed by atoms with E-state index in [4.69, 9.17) is 4.42 Å². The summed E-state index contributed by atoms with van der Waals surface area (Å²) in [6.45, 7) is 3.57. The van der Waals surface area contributed by atoms with Gasteiger partial charge in [-0.05, 0) is 30.7 Å². The number of hydrogen-bond donors (Lipinski definition) is 1. The number of sulfonamides is 1. The Morgan fingerprint density at radius 2 is 1.86 bits per heavy atom. The van der Waals surface area contributed by atoms with E-state index in [1.807, 2.05) is 19.1 Å². The van der Waals surface area contributed by atoms with Crippen molar-refractivity contribution >= 4 is 26.8 Å². The molecule has 0 unspecified atom stereocenters. The molecule has 108 valence electrons. The number of aromatic nitrogens is 1. The van der Waals surface area contributed by atoms with Gasteiger partial charge in [-0.15, -0.1) is 0 Å². The summed E-state index contributed by atoms with van der Waals surface area (Å²) in [4.78, 5) is 4.30. The van der Waals surface area contributed by atoms with E-state index in [2.05, 4.69) is 9.71 Å². The van der Waals surface area contributed by atoms with Gasteiger partial charge >= 0.3 is 0 Å². The Bertz CT molecular complexity index is 914. The van der Waals surface area contributed by atoms with Gasteiger partial charge < -0.3 is 4.42 Å². The third-order valence-corrected chi connectivity index (χ3v) is 4.53. The van der Waals surface area contributed by atoms with Gasteiger partial charge in [-0.3, -0.25) is 4.72 Å². The van der Waals surface area contributed by atoms with E-state index in [9.17, 15) is 8.42 Å².